The number of benzene rings is 2. The van der Waals surface area contributed by atoms with Gasteiger partial charge in [-0.1, -0.05) is 60.4 Å². The molecule has 1 amide bonds. The number of rotatable bonds is 2. The van der Waals surface area contributed by atoms with Gasteiger partial charge >= 0.3 is 0 Å². The van der Waals surface area contributed by atoms with Crippen LogP contribution in [0.4, 0.5) is 0 Å². The van der Waals surface area contributed by atoms with Gasteiger partial charge in [0.1, 0.15) is 21.6 Å². The summed E-state index contributed by atoms with van der Waals surface area (Å²) in [6.07, 6.45) is 3.31. The number of carbonyl (C=O) groups is 1. The molecule has 4 nitrogen and oxygen atoms in total. The number of thiocarbonyl (C=S) groups is 1. The molecule has 0 aliphatic carbocycles. The highest BCUT2D eigenvalue weighted by atomic mass is 32.2. The van der Waals surface area contributed by atoms with Crippen LogP contribution in [-0.4, -0.2) is 15.1 Å². The summed E-state index contributed by atoms with van der Waals surface area (Å²) in [6.45, 7) is 0. The summed E-state index contributed by atoms with van der Waals surface area (Å²) >= 11 is 6.88. The molecule has 0 N–H and O–H groups in total. The standard InChI is InChI=1S/C21H13NO3S2/c23-20-18(12-13-6-5-11-24-13)27-21(26)22(20)19-14-7-1-3-9-16(14)25-17-10-4-2-8-15(17)19/h1-12,19H/b18-12+. The largest absolute Gasteiger partial charge is 0.465 e. The molecule has 2 aromatic carbocycles. The van der Waals surface area contributed by atoms with Crippen LogP contribution in [0.3, 0.4) is 0 Å². The van der Waals surface area contributed by atoms with E-state index in [4.69, 9.17) is 21.4 Å². The SMILES string of the molecule is O=C1/C(=C\c2ccco2)SC(=S)N1C1c2ccccc2Oc2ccccc21. The second-order valence-corrected chi connectivity index (χ2v) is 7.82. The Balaban J connectivity index is 1.62. The first-order chi connectivity index (χ1) is 13.2. The first-order valence-electron chi connectivity index (χ1n) is 8.38. The Bertz CT molecular complexity index is 1040. The van der Waals surface area contributed by atoms with Crippen LogP contribution in [0, 0.1) is 0 Å². The maximum atomic E-state index is 13.2. The zero-order valence-corrected chi connectivity index (χ0v) is 15.6. The van der Waals surface area contributed by atoms with Crippen molar-refractivity contribution in [1.29, 1.82) is 0 Å². The van der Waals surface area contributed by atoms with Gasteiger partial charge in [-0.2, -0.15) is 0 Å². The quantitative estimate of drug-likeness (QED) is 0.434. The van der Waals surface area contributed by atoms with Gasteiger partial charge in [-0.25, -0.2) is 0 Å². The first-order valence-corrected chi connectivity index (χ1v) is 9.61. The molecule has 3 aromatic rings. The normalized spacial score (nSPS) is 17.8. The Morgan fingerprint density at radius 1 is 0.963 bits per heavy atom. The average molecular weight is 391 g/mol. The van der Waals surface area contributed by atoms with E-state index in [1.165, 1.54) is 11.8 Å². The number of hydrogen-bond acceptors (Lipinski definition) is 5. The highest BCUT2D eigenvalue weighted by Gasteiger charge is 2.42. The van der Waals surface area contributed by atoms with E-state index < -0.39 is 0 Å². The summed E-state index contributed by atoms with van der Waals surface area (Å²) in [6, 6.07) is 18.8. The number of nitrogens with zero attached hydrogens (tertiary/aromatic N) is 1. The number of furan rings is 1. The van der Waals surface area contributed by atoms with Gasteiger partial charge < -0.3 is 9.15 Å². The van der Waals surface area contributed by atoms with E-state index in [9.17, 15) is 4.79 Å². The van der Waals surface area contributed by atoms with Crippen molar-refractivity contribution in [1.82, 2.24) is 4.90 Å². The van der Waals surface area contributed by atoms with Crippen molar-refractivity contribution < 1.29 is 13.9 Å². The maximum absolute atomic E-state index is 13.2. The molecule has 0 bridgehead atoms. The lowest BCUT2D eigenvalue weighted by molar-refractivity contribution is -0.123. The summed E-state index contributed by atoms with van der Waals surface area (Å²) < 4.78 is 11.9. The molecule has 0 saturated carbocycles. The Labute approximate surface area is 165 Å². The van der Waals surface area contributed by atoms with Crippen LogP contribution in [0.5, 0.6) is 11.5 Å². The number of fused-ring (bicyclic) bond motifs is 2. The van der Waals surface area contributed by atoms with Crippen LogP contribution >= 0.6 is 24.0 Å². The van der Waals surface area contributed by atoms with E-state index >= 15 is 0 Å². The van der Waals surface area contributed by atoms with Gasteiger partial charge in [0.05, 0.1) is 17.2 Å². The molecule has 27 heavy (non-hydrogen) atoms. The van der Waals surface area contributed by atoms with Gasteiger partial charge in [-0.3, -0.25) is 9.69 Å². The lowest BCUT2D eigenvalue weighted by Crippen LogP contribution is -2.34. The van der Waals surface area contributed by atoms with Crippen molar-refractivity contribution in [3.63, 3.8) is 0 Å². The molecule has 1 fully saturated rings. The second-order valence-electron chi connectivity index (χ2n) is 6.15. The molecule has 0 radical (unpaired) electrons. The topological polar surface area (TPSA) is 42.7 Å². The lowest BCUT2D eigenvalue weighted by atomic mass is 9.93. The maximum Gasteiger partial charge on any atom is 0.267 e. The fraction of sp³-hybridized carbons (Fsp3) is 0.0476. The van der Waals surface area contributed by atoms with E-state index in [1.54, 1.807) is 23.3 Å². The highest BCUT2D eigenvalue weighted by Crippen LogP contribution is 2.49. The first kappa shape index (κ1) is 16.4. The fourth-order valence-electron chi connectivity index (χ4n) is 3.37. The molecule has 0 atom stereocenters. The van der Waals surface area contributed by atoms with Crippen molar-refractivity contribution >= 4 is 40.3 Å². The molecular weight excluding hydrogens is 378 g/mol. The molecular formula is C21H13NO3S2. The summed E-state index contributed by atoms with van der Waals surface area (Å²) in [5.74, 6) is 1.98. The van der Waals surface area contributed by atoms with Crippen molar-refractivity contribution in [2.45, 2.75) is 6.04 Å². The molecule has 2 aliphatic rings. The Morgan fingerprint density at radius 2 is 1.63 bits per heavy atom. The third-order valence-corrected chi connectivity index (χ3v) is 5.88. The molecule has 3 heterocycles. The Kier molecular flexibility index (Phi) is 3.88. The van der Waals surface area contributed by atoms with Gasteiger partial charge in [-0.05, 0) is 24.3 Å². The van der Waals surface area contributed by atoms with E-state index in [0.29, 0.717) is 15.0 Å². The Hall–Kier alpha value is -2.83. The third-order valence-electron chi connectivity index (χ3n) is 4.55. The average Bonchev–Trinajstić information content (AvgIpc) is 3.29. The van der Waals surface area contributed by atoms with E-state index in [2.05, 4.69) is 0 Å². The number of amides is 1. The summed E-state index contributed by atoms with van der Waals surface area (Å²) in [4.78, 5) is 15.5. The third kappa shape index (κ3) is 2.69. The molecule has 1 aromatic heterocycles. The van der Waals surface area contributed by atoms with Gasteiger partial charge in [0.2, 0.25) is 0 Å². The monoisotopic (exact) mass is 391 g/mol. The summed E-state index contributed by atoms with van der Waals surface area (Å²) in [5, 5.41) is 0. The smallest absolute Gasteiger partial charge is 0.267 e. The summed E-state index contributed by atoms with van der Waals surface area (Å²) in [5.41, 5.74) is 1.85. The van der Waals surface area contributed by atoms with Gasteiger partial charge in [0, 0.05) is 17.2 Å². The molecule has 0 spiro atoms. The minimum Gasteiger partial charge on any atom is -0.465 e. The van der Waals surface area contributed by atoms with E-state index in [0.717, 1.165) is 22.6 Å². The van der Waals surface area contributed by atoms with Crippen LogP contribution in [0.1, 0.15) is 22.9 Å². The van der Waals surface area contributed by atoms with E-state index in [1.807, 2.05) is 54.6 Å². The number of para-hydroxylation sites is 2. The van der Waals surface area contributed by atoms with Crippen molar-refractivity contribution in [2.24, 2.45) is 0 Å². The van der Waals surface area contributed by atoms with E-state index in [-0.39, 0.29) is 11.9 Å². The number of hydrogen-bond donors (Lipinski definition) is 0. The predicted octanol–water partition coefficient (Wildman–Crippen LogP) is 5.38. The minimum absolute atomic E-state index is 0.127. The number of thioether (sulfide) groups is 1. The summed E-state index contributed by atoms with van der Waals surface area (Å²) in [7, 11) is 0. The molecule has 2 aliphatic heterocycles. The predicted molar refractivity (Wildman–Crippen MR) is 109 cm³/mol. The highest BCUT2D eigenvalue weighted by molar-refractivity contribution is 8.26. The van der Waals surface area contributed by atoms with Crippen LogP contribution in [0.2, 0.25) is 0 Å². The van der Waals surface area contributed by atoms with Crippen LogP contribution < -0.4 is 4.74 Å². The van der Waals surface area contributed by atoms with Crippen molar-refractivity contribution in [3.05, 3.63) is 88.7 Å². The number of ether oxygens (including phenoxy) is 1. The van der Waals surface area contributed by atoms with Gasteiger partial charge in [0.25, 0.3) is 5.91 Å². The van der Waals surface area contributed by atoms with Crippen LogP contribution in [0.15, 0.2) is 76.2 Å². The van der Waals surface area contributed by atoms with Gasteiger partial charge in [-0.15, -0.1) is 0 Å². The van der Waals surface area contributed by atoms with Crippen molar-refractivity contribution in [3.8, 4) is 11.5 Å². The molecule has 6 heteroatoms. The van der Waals surface area contributed by atoms with Crippen LogP contribution in [0.25, 0.3) is 6.08 Å². The minimum atomic E-state index is -0.318. The lowest BCUT2D eigenvalue weighted by Gasteiger charge is -2.33. The molecule has 0 unspecified atom stereocenters. The molecule has 5 rings (SSSR count). The number of carbonyl (C=O) groups excluding carboxylic acids is 1. The van der Waals surface area contributed by atoms with Crippen molar-refractivity contribution in [2.75, 3.05) is 0 Å². The zero-order valence-electron chi connectivity index (χ0n) is 14.0. The second kappa shape index (κ2) is 6.40. The molecule has 132 valence electrons. The van der Waals surface area contributed by atoms with Crippen LogP contribution in [-0.2, 0) is 4.79 Å². The van der Waals surface area contributed by atoms with Gasteiger partial charge in [0.15, 0.2) is 0 Å². The zero-order chi connectivity index (χ0) is 18.4. The Morgan fingerprint density at radius 3 is 2.26 bits per heavy atom. The fourth-order valence-corrected chi connectivity index (χ4v) is 4.66. The molecule has 1 saturated heterocycles.